The van der Waals surface area contributed by atoms with E-state index in [0.717, 1.165) is 21.8 Å². The molecule has 1 heterocycles. The molecule has 2 N–H and O–H groups in total. The number of hydrogen-bond donors (Lipinski definition) is 2. The van der Waals surface area contributed by atoms with Gasteiger partial charge in [0.05, 0.1) is 6.61 Å². The summed E-state index contributed by atoms with van der Waals surface area (Å²) in [4.78, 5) is 11.9. The molecule has 0 spiro atoms. The van der Waals surface area contributed by atoms with Gasteiger partial charge in [-0.1, -0.05) is 36.0 Å². The number of carboxylic acids is 1. The Labute approximate surface area is 142 Å². The highest BCUT2D eigenvalue weighted by atomic mass is 32.2. The van der Waals surface area contributed by atoms with Gasteiger partial charge in [0.2, 0.25) is 5.69 Å². The predicted octanol–water partition coefficient (Wildman–Crippen LogP) is 3.72. The van der Waals surface area contributed by atoms with Crippen LogP contribution in [0.5, 0.6) is 5.75 Å². The van der Waals surface area contributed by atoms with Crippen LogP contribution in [-0.2, 0) is 0 Å². The van der Waals surface area contributed by atoms with Crippen molar-refractivity contribution in [3.05, 3.63) is 54.2 Å². The van der Waals surface area contributed by atoms with Gasteiger partial charge in [0.1, 0.15) is 5.75 Å². The van der Waals surface area contributed by atoms with Gasteiger partial charge in [-0.05, 0) is 42.3 Å². The molecule has 0 unspecified atom stereocenters. The van der Waals surface area contributed by atoms with E-state index in [1.54, 1.807) is 0 Å². The predicted molar refractivity (Wildman–Crippen MR) is 90.5 cm³/mol. The number of hydrogen-bond acceptors (Lipinski definition) is 5. The summed E-state index contributed by atoms with van der Waals surface area (Å²) in [5.74, 6) is -0.252. The summed E-state index contributed by atoms with van der Waals surface area (Å²) in [6.07, 6.45) is 0. The van der Waals surface area contributed by atoms with Crippen LogP contribution in [0.3, 0.4) is 0 Å². The standard InChI is InChI=1S/C17H15N3O3S/c1-2-23-13-7-3-11(4-8-13)12-5-9-14(10-6-12)24-16-15(17(21)22)18-20-19-16/h3-10H,2H2,1H3,(H,21,22)(H,18,19,20). The molecule has 7 heteroatoms. The first kappa shape index (κ1) is 16.1. The molecule has 0 amide bonds. The van der Waals surface area contributed by atoms with Gasteiger partial charge in [-0.3, -0.25) is 0 Å². The number of carbonyl (C=O) groups is 1. The van der Waals surface area contributed by atoms with Crippen molar-refractivity contribution in [3.8, 4) is 16.9 Å². The summed E-state index contributed by atoms with van der Waals surface area (Å²) in [7, 11) is 0. The van der Waals surface area contributed by atoms with Gasteiger partial charge in [0.25, 0.3) is 0 Å². The molecule has 3 rings (SSSR count). The molecule has 3 aromatic rings. The maximum absolute atomic E-state index is 11.0. The van der Waals surface area contributed by atoms with E-state index in [4.69, 9.17) is 9.84 Å². The van der Waals surface area contributed by atoms with Crippen LogP contribution in [0.25, 0.3) is 11.1 Å². The Balaban J connectivity index is 1.75. The van der Waals surface area contributed by atoms with E-state index in [2.05, 4.69) is 15.4 Å². The molecule has 24 heavy (non-hydrogen) atoms. The third kappa shape index (κ3) is 3.57. The second kappa shape index (κ2) is 7.18. The molecule has 122 valence electrons. The molecule has 0 bridgehead atoms. The minimum atomic E-state index is -1.10. The zero-order valence-electron chi connectivity index (χ0n) is 12.9. The van der Waals surface area contributed by atoms with Gasteiger partial charge in [-0.2, -0.15) is 5.21 Å². The van der Waals surface area contributed by atoms with Crippen molar-refractivity contribution >= 4 is 17.7 Å². The van der Waals surface area contributed by atoms with Crippen molar-refractivity contribution < 1.29 is 14.6 Å². The Morgan fingerprint density at radius 2 is 1.71 bits per heavy atom. The number of H-pyrrole nitrogens is 1. The van der Waals surface area contributed by atoms with Crippen LogP contribution in [0.4, 0.5) is 0 Å². The van der Waals surface area contributed by atoms with Crippen LogP contribution < -0.4 is 4.74 Å². The zero-order valence-corrected chi connectivity index (χ0v) is 13.7. The van der Waals surface area contributed by atoms with Crippen molar-refractivity contribution in [1.82, 2.24) is 15.4 Å². The molecular weight excluding hydrogens is 326 g/mol. The van der Waals surface area contributed by atoms with Gasteiger partial charge >= 0.3 is 5.97 Å². The lowest BCUT2D eigenvalue weighted by Crippen LogP contribution is -1.98. The number of nitrogens with zero attached hydrogens (tertiary/aromatic N) is 2. The highest BCUT2D eigenvalue weighted by Crippen LogP contribution is 2.30. The molecule has 0 saturated carbocycles. The number of aromatic nitrogens is 3. The Morgan fingerprint density at radius 1 is 1.08 bits per heavy atom. The molecular formula is C17H15N3O3S. The van der Waals surface area contributed by atoms with Gasteiger partial charge < -0.3 is 9.84 Å². The van der Waals surface area contributed by atoms with E-state index in [9.17, 15) is 4.79 Å². The number of aromatic carboxylic acids is 1. The number of benzene rings is 2. The van der Waals surface area contributed by atoms with E-state index in [1.165, 1.54) is 11.8 Å². The fourth-order valence-electron chi connectivity index (χ4n) is 2.17. The van der Waals surface area contributed by atoms with Crippen LogP contribution in [0.2, 0.25) is 0 Å². The lowest BCUT2D eigenvalue weighted by molar-refractivity contribution is 0.0686. The zero-order chi connectivity index (χ0) is 16.9. The first-order chi connectivity index (χ1) is 11.7. The van der Waals surface area contributed by atoms with Crippen molar-refractivity contribution in [1.29, 1.82) is 0 Å². The van der Waals surface area contributed by atoms with Crippen molar-refractivity contribution in [3.63, 3.8) is 0 Å². The van der Waals surface area contributed by atoms with Crippen LogP contribution in [0.15, 0.2) is 58.5 Å². The molecule has 2 aromatic carbocycles. The monoisotopic (exact) mass is 341 g/mol. The Morgan fingerprint density at radius 3 is 2.29 bits per heavy atom. The molecule has 0 fully saturated rings. The van der Waals surface area contributed by atoms with E-state index >= 15 is 0 Å². The van der Waals surface area contributed by atoms with Gasteiger partial charge in [0.15, 0.2) is 5.03 Å². The molecule has 0 saturated heterocycles. The Hall–Kier alpha value is -2.80. The summed E-state index contributed by atoms with van der Waals surface area (Å²) >= 11 is 1.26. The van der Waals surface area contributed by atoms with Gasteiger partial charge in [-0.25, -0.2) is 4.79 Å². The topological polar surface area (TPSA) is 88.1 Å². The van der Waals surface area contributed by atoms with Crippen LogP contribution in [0.1, 0.15) is 17.4 Å². The normalized spacial score (nSPS) is 10.5. The van der Waals surface area contributed by atoms with E-state index < -0.39 is 5.97 Å². The van der Waals surface area contributed by atoms with Gasteiger partial charge in [-0.15, -0.1) is 10.2 Å². The van der Waals surface area contributed by atoms with Crippen molar-refractivity contribution in [2.24, 2.45) is 0 Å². The maximum atomic E-state index is 11.0. The SMILES string of the molecule is CCOc1ccc(-c2ccc(Sc3n[nH]nc3C(=O)O)cc2)cc1. The second-order valence-corrected chi connectivity index (χ2v) is 5.93. The smallest absolute Gasteiger partial charge is 0.359 e. The number of rotatable bonds is 6. The average Bonchev–Trinajstić information content (AvgIpc) is 3.05. The fourth-order valence-corrected chi connectivity index (χ4v) is 2.98. The second-order valence-electron chi connectivity index (χ2n) is 4.87. The molecule has 0 aliphatic carbocycles. The summed E-state index contributed by atoms with van der Waals surface area (Å²) in [6, 6.07) is 15.7. The third-order valence-corrected chi connectivity index (χ3v) is 4.27. The van der Waals surface area contributed by atoms with Crippen LogP contribution >= 0.6 is 11.8 Å². The maximum Gasteiger partial charge on any atom is 0.359 e. The molecule has 6 nitrogen and oxygen atoms in total. The quantitative estimate of drug-likeness (QED) is 0.710. The van der Waals surface area contributed by atoms with Crippen LogP contribution in [-0.4, -0.2) is 33.1 Å². The molecule has 0 aliphatic rings. The lowest BCUT2D eigenvalue weighted by Gasteiger charge is -2.06. The number of ether oxygens (including phenoxy) is 1. The Kier molecular flexibility index (Phi) is 4.81. The van der Waals surface area contributed by atoms with Gasteiger partial charge in [0, 0.05) is 4.90 Å². The average molecular weight is 341 g/mol. The number of nitrogens with one attached hydrogen (secondary N) is 1. The van der Waals surface area contributed by atoms with E-state index in [-0.39, 0.29) is 5.69 Å². The van der Waals surface area contributed by atoms with Crippen LogP contribution in [0, 0.1) is 0 Å². The largest absolute Gasteiger partial charge is 0.494 e. The first-order valence-corrected chi connectivity index (χ1v) is 8.14. The molecule has 0 aliphatic heterocycles. The minimum absolute atomic E-state index is 0.0735. The fraction of sp³-hybridized carbons (Fsp3) is 0.118. The molecule has 0 atom stereocenters. The summed E-state index contributed by atoms with van der Waals surface area (Å²) < 4.78 is 5.44. The summed E-state index contributed by atoms with van der Waals surface area (Å²) in [5.41, 5.74) is 2.08. The number of aromatic amines is 1. The third-order valence-electron chi connectivity index (χ3n) is 3.29. The van der Waals surface area contributed by atoms with E-state index in [1.807, 2.05) is 55.5 Å². The van der Waals surface area contributed by atoms with Crippen molar-refractivity contribution in [2.75, 3.05) is 6.61 Å². The number of carboxylic acid groups (broad SMARTS) is 1. The minimum Gasteiger partial charge on any atom is -0.494 e. The highest BCUT2D eigenvalue weighted by Gasteiger charge is 2.16. The van der Waals surface area contributed by atoms with E-state index in [0.29, 0.717) is 11.6 Å². The summed E-state index contributed by atoms with van der Waals surface area (Å²) in [6.45, 7) is 2.60. The molecule has 0 radical (unpaired) electrons. The summed E-state index contributed by atoms with van der Waals surface area (Å²) in [5, 5.41) is 19.2. The molecule has 1 aromatic heterocycles. The highest BCUT2D eigenvalue weighted by molar-refractivity contribution is 7.99. The first-order valence-electron chi connectivity index (χ1n) is 7.32. The lowest BCUT2D eigenvalue weighted by atomic mass is 10.1. The Bertz CT molecular complexity index is 829. The van der Waals surface area contributed by atoms with Crippen molar-refractivity contribution in [2.45, 2.75) is 16.8 Å².